The van der Waals surface area contributed by atoms with Gasteiger partial charge in [0.1, 0.15) is 24.7 Å². The second-order valence-electron chi connectivity index (χ2n) is 11.5. The molecule has 4 nitrogen and oxygen atoms in total. The number of aryl methyl sites for hydroxylation is 2. The Morgan fingerprint density at radius 3 is 1.51 bits per heavy atom. The van der Waals surface area contributed by atoms with E-state index in [9.17, 15) is 0 Å². The summed E-state index contributed by atoms with van der Waals surface area (Å²) in [4.78, 5) is 4.89. The Morgan fingerprint density at radius 2 is 1.14 bits per heavy atom. The highest BCUT2D eigenvalue weighted by atomic mass is 16.5. The van der Waals surface area contributed by atoms with Crippen molar-refractivity contribution in [2.24, 2.45) is 0 Å². The first-order valence-electron chi connectivity index (χ1n) is 13.6. The summed E-state index contributed by atoms with van der Waals surface area (Å²) < 4.78 is 12.6. The fraction of sp³-hybridized carbons (Fsp3) is 0.613. The molecule has 2 aromatic carbocycles. The van der Waals surface area contributed by atoms with E-state index in [4.69, 9.17) is 9.47 Å². The molecule has 2 fully saturated rings. The Kier molecular flexibility index (Phi) is 8.44. The molecule has 2 aliphatic heterocycles. The van der Waals surface area contributed by atoms with E-state index in [1.165, 1.54) is 73.9 Å². The Hall–Kier alpha value is -2.04. The molecule has 2 heterocycles. The molecule has 0 N–H and O–H groups in total. The van der Waals surface area contributed by atoms with E-state index in [-0.39, 0.29) is 5.41 Å². The van der Waals surface area contributed by atoms with Gasteiger partial charge in [-0.2, -0.15) is 0 Å². The van der Waals surface area contributed by atoms with Gasteiger partial charge in [0.15, 0.2) is 0 Å². The number of benzene rings is 2. The van der Waals surface area contributed by atoms with Gasteiger partial charge in [-0.25, -0.2) is 0 Å². The predicted octanol–water partition coefficient (Wildman–Crippen LogP) is 6.36. The summed E-state index contributed by atoms with van der Waals surface area (Å²) in [6.45, 7) is 12.9. The van der Waals surface area contributed by atoms with Gasteiger partial charge in [0, 0.05) is 17.5 Å². The highest BCUT2D eigenvalue weighted by molar-refractivity contribution is 5.47. The van der Waals surface area contributed by atoms with Crippen LogP contribution in [0.25, 0.3) is 0 Å². The van der Waals surface area contributed by atoms with E-state index >= 15 is 0 Å². The second kappa shape index (κ2) is 11.3. The molecule has 0 saturated carbocycles. The van der Waals surface area contributed by atoms with Gasteiger partial charge in [-0.15, -0.1) is 0 Å². The van der Waals surface area contributed by atoms with Crippen LogP contribution in [0, 0.1) is 13.8 Å². The van der Waals surface area contributed by atoms with Crippen LogP contribution < -0.4 is 9.47 Å². The van der Waals surface area contributed by atoms with Gasteiger partial charge in [-0.05, 0) is 101 Å². The lowest BCUT2D eigenvalue weighted by Crippen LogP contribution is -2.40. The molecule has 0 aromatic heterocycles. The van der Waals surface area contributed by atoms with Gasteiger partial charge in [-0.1, -0.05) is 51.0 Å². The number of nitrogens with zero attached hydrogens (tertiary/aromatic N) is 2. The van der Waals surface area contributed by atoms with Gasteiger partial charge in [-0.3, -0.25) is 0 Å². The van der Waals surface area contributed by atoms with E-state index in [1.807, 2.05) is 0 Å². The van der Waals surface area contributed by atoms with Crippen LogP contribution in [0.5, 0.6) is 11.5 Å². The van der Waals surface area contributed by atoms with E-state index in [0.717, 1.165) is 24.7 Å². The summed E-state index contributed by atoms with van der Waals surface area (Å²) in [6, 6.07) is 14.5. The molecule has 2 atom stereocenters. The van der Waals surface area contributed by atoms with Crippen LogP contribution >= 0.6 is 0 Å². The quantitative estimate of drug-likeness (QED) is 0.441. The molecule has 0 amide bonds. The van der Waals surface area contributed by atoms with Crippen molar-refractivity contribution < 1.29 is 9.47 Å². The van der Waals surface area contributed by atoms with Crippen LogP contribution in [0.4, 0.5) is 0 Å². The monoisotopic (exact) mass is 478 g/mol. The first-order valence-corrected chi connectivity index (χ1v) is 13.6. The average Bonchev–Trinajstić information content (AvgIpc) is 2.84. The summed E-state index contributed by atoms with van der Waals surface area (Å²) in [5.41, 5.74) is 4.95. The minimum absolute atomic E-state index is 0.0975. The molecule has 192 valence electrons. The SMILES string of the molecule is Cc1cc(C(C)(C)c2ccc(OCC3CCCCN3C)c(C)c2)ccc1OCC1CCCCN1C. The summed E-state index contributed by atoms with van der Waals surface area (Å²) in [6.07, 6.45) is 7.70. The molecule has 2 unspecified atom stereocenters. The average molecular weight is 479 g/mol. The zero-order valence-corrected chi connectivity index (χ0v) is 22.9. The Labute approximate surface area is 213 Å². The molecule has 0 radical (unpaired) electrons. The molecule has 2 aromatic rings. The van der Waals surface area contributed by atoms with Gasteiger partial charge in [0.25, 0.3) is 0 Å². The van der Waals surface area contributed by atoms with E-state index in [1.54, 1.807) is 0 Å². The third-order valence-electron chi connectivity index (χ3n) is 8.50. The maximum atomic E-state index is 6.28. The van der Waals surface area contributed by atoms with Gasteiger partial charge < -0.3 is 19.3 Å². The molecule has 4 heteroatoms. The van der Waals surface area contributed by atoms with E-state index < -0.39 is 0 Å². The minimum Gasteiger partial charge on any atom is -0.492 e. The highest BCUT2D eigenvalue weighted by Gasteiger charge is 2.26. The summed E-state index contributed by atoms with van der Waals surface area (Å²) in [5.74, 6) is 2.02. The number of ether oxygens (including phenoxy) is 2. The molecule has 0 bridgehead atoms. The minimum atomic E-state index is -0.0975. The Bertz CT molecular complexity index is 908. The van der Waals surface area contributed by atoms with Crippen LogP contribution in [0.3, 0.4) is 0 Å². The first kappa shape index (κ1) is 26.0. The van der Waals surface area contributed by atoms with E-state index in [0.29, 0.717) is 12.1 Å². The van der Waals surface area contributed by atoms with E-state index in [2.05, 4.69) is 88.0 Å². The zero-order valence-electron chi connectivity index (χ0n) is 22.9. The number of hydrogen-bond donors (Lipinski definition) is 0. The normalized spacial score (nSPS) is 22.2. The standard InChI is InChI=1S/C31H46N2O2/c1-23-19-25(13-15-29(23)34-21-27-11-7-9-17-32(27)5)31(3,4)26-14-16-30(24(2)20-26)35-22-28-12-8-10-18-33(28)6/h13-16,19-20,27-28H,7-12,17-18,21-22H2,1-6H3. The first-order chi connectivity index (χ1) is 16.8. The lowest BCUT2D eigenvalue weighted by Gasteiger charge is -2.33. The molecular weight excluding hydrogens is 432 g/mol. The van der Waals surface area contributed by atoms with Crippen LogP contribution in [-0.4, -0.2) is 62.3 Å². The second-order valence-corrected chi connectivity index (χ2v) is 11.5. The zero-order chi connectivity index (χ0) is 25.0. The number of piperidine rings is 2. The summed E-state index contributed by atoms with van der Waals surface area (Å²) >= 11 is 0. The fourth-order valence-electron chi connectivity index (χ4n) is 5.65. The molecule has 0 aliphatic carbocycles. The number of likely N-dealkylation sites (tertiary alicyclic amines) is 2. The molecule has 2 saturated heterocycles. The van der Waals surface area contributed by atoms with Crippen molar-refractivity contribution in [3.8, 4) is 11.5 Å². The maximum Gasteiger partial charge on any atom is 0.122 e. The lowest BCUT2D eigenvalue weighted by atomic mass is 9.77. The van der Waals surface area contributed by atoms with Crippen molar-refractivity contribution in [1.82, 2.24) is 9.80 Å². The molecule has 0 spiro atoms. The van der Waals surface area contributed by atoms with Crippen LogP contribution in [0.2, 0.25) is 0 Å². The van der Waals surface area contributed by atoms with Crippen molar-refractivity contribution in [3.63, 3.8) is 0 Å². The summed E-state index contributed by atoms with van der Waals surface area (Å²) in [5, 5.41) is 0. The molecule has 2 aliphatic rings. The Balaban J connectivity index is 1.41. The smallest absolute Gasteiger partial charge is 0.122 e. The van der Waals surface area contributed by atoms with Crippen molar-refractivity contribution >= 4 is 0 Å². The number of likely N-dealkylation sites (N-methyl/N-ethyl adjacent to an activating group) is 2. The van der Waals surface area contributed by atoms with Crippen LogP contribution in [0.15, 0.2) is 36.4 Å². The van der Waals surface area contributed by atoms with Crippen molar-refractivity contribution in [3.05, 3.63) is 58.7 Å². The third kappa shape index (κ3) is 6.21. The topological polar surface area (TPSA) is 24.9 Å². The molecule has 4 rings (SSSR count). The molecule has 35 heavy (non-hydrogen) atoms. The lowest BCUT2D eigenvalue weighted by molar-refractivity contribution is 0.124. The largest absolute Gasteiger partial charge is 0.492 e. The van der Waals surface area contributed by atoms with Gasteiger partial charge >= 0.3 is 0 Å². The highest BCUT2D eigenvalue weighted by Crippen LogP contribution is 2.36. The van der Waals surface area contributed by atoms with Gasteiger partial charge in [0.05, 0.1) is 0 Å². The fourth-order valence-corrected chi connectivity index (χ4v) is 5.65. The van der Waals surface area contributed by atoms with Gasteiger partial charge in [0.2, 0.25) is 0 Å². The van der Waals surface area contributed by atoms with Crippen LogP contribution in [-0.2, 0) is 5.41 Å². The van der Waals surface area contributed by atoms with Crippen LogP contribution in [0.1, 0.15) is 74.6 Å². The predicted molar refractivity (Wildman–Crippen MR) is 146 cm³/mol. The van der Waals surface area contributed by atoms with Crippen molar-refractivity contribution in [2.45, 2.75) is 83.7 Å². The molecular formula is C31H46N2O2. The summed E-state index contributed by atoms with van der Waals surface area (Å²) in [7, 11) is 4.44. The third-order valence-corrected chi connectivity index (χ3v) is 8.50. The number of hydrogen-bond acceptors (Lipinski definition) is 4. The Morgan fingerprint density at radius 1 is 0.714 bits per heavy atom. The number of rotatable bonds is 8. The van der Waals surface area contributed by atoms with Crippen molar-refractivity contribution in [2.75, 3.05) is 40.4 Å². The maximum absolute atomic E-state index is 6.28. The van der Waals surface area contributed by atoms with Crippen molar-refractivity contribution in [1.29, 1.82) is 0 Å².